The highest BCUT2D eigenvalue weighted by atomic mass is 19.1. The van der Waals surface area contributed by atoms with Gasteiger partial charge in [0.25, 0.3) is 0 Å². The number of ether oxygens (including phenoxy) is 1. The SMILES string of the molecule is O=[N+]([O-])c1cc2c(cc1Oc1ccccc1F)CCC2. The lowest BCUT2D eigenvalue weighted by atomic mass is 10.1. The predicted molar refractivity (Wildman–Crippen MR) is 71.6 cm³/mol. The van der Waals surface area contributed by atoms with Gasteiger partial charge in [0.1, 0.15) is 0 Å². The van der Waals surface area contributed by atoms with Gasteiger partial charge in [-0.25, -0.2) is 4.39 Å². The molecule has 5 heteroatoms. The molecule has 0 heterocycles. The number of rotatable bonds is 3. The second kappa shape index (κ2) is 4.92. The summed E-state index contributed by atoms with van der Waals surface area (Å²) in [5.41, 5.74) is 1.91. The maximum Gasteiger partial charge on any atom is 0.311 e. The van der Waals surface area contributed by atoms with Crippen LogP contribution in [0.5, 0.6) is 11.5 Å². The van der Waals surface area contributed by atoms with Crippen LogP contribution in [0.15, 0.2) is 36.4 Å². The molecule has 0 spiro atoms. The third-order valence-electron chi connectivity index (χ3n) is 3.43. The Labute approximate surface area is 115 Å². The van der Waals surface area contributed by atoms with Gasteiger partial charge in [-0.3, -0.25) is 10.1 Å². The van der Waals surface area contributed by atoms with Gasteiger partial charge in [0.05, 0.1) is 4.92 Å². The minimum Gasteiger partial charge on any atom is -0.447 e. The van der Waals surface area contributed by atoms with E-state index in [0.29, 0.717) is 0 Å². The van der Waals surface area contributed by atoms with Crippen LogP contribution in [0.2, 0.25) is 0 Å². The predicted octanol–water partition coefficient (Wildman–Crippen LogP) is 4.01. The molecule has 1 aliphatic rings. The van der Waals surface area contributed by atoms with Crippen LogP contribution in [-0.2, 0) is 12.8 Å². The van der Waals surface area contributed by atoms with Crippen molar-refractivity contribution < 1.29 is 14.1 Å². The molecule has 0 saturated carbocycles. The fourth-order valence-corrected chi connectivity index (χ4v) is 2.46. The van der Waals surface area contributed by atoms with Crippen LogP contribution in [0, 0.1) is 15.9 Å². The highest BCUT2D eigenvalue weighted by Crippen LogP contribution is 2.37. The summed E-state index contributed by atoms with van der Waals surface area (Å²) in [5, 5.41) is 11.1. The maximum atomic E-state index is 13.6. The molecule has 0 bridgehead atoms. The third kappa shape index (κ3) is 2.22. The molecule has 4 nitrogen and oxygen atoms in total. The van der Waals surface area contributed by atoms with Crippen LogP contribution >= 0.6 is 0 Å². The van der Waals surface area contributed by atoms with Gasteiger partial charge >= 0.3 is 5.69 Å². The van der Waals surface area contributed by atoms with Crippen LogP contribution in [0.4, 0.5) is 10.1 Å². The highest BCUT2D eigenvalue weighted by molar-refractivity contribution is 5.55. The number of benzene rings is 2. The Bertz CT molecular complexity index is 685. The number of nitro benzene ring substituents is 1. The molecule has 2 aromatic carbocycles. The fraction of sp³-hybridized carbons (Fsp3) is 0.200. The fourth-order valence-electron chi connectivity index (χ4n) is 2.46. The molecule has 0 N–H and O–H groups in total. The molecule has 0 atom stereocenters. The van der Waals surface area contributed by atoms with Crippen molar-refractivity contribution in [1.82, 2.24) is 0 Å². The molecular weight excluding hydrogens is 261 g/mol. The van der Waals surface area contributed by atoms with Crippen molar-refractivity contribution in [2.45, 2.75) is 19.3 Å². The number of nitro groups is 1. The molecule has 102 valence electrons. The van der Waals surface area contributed by atoms with Crippen LogP contribution in [0.25, 0.3) is 0 Å². The molecule has 20 heavy (non-hydrogen) atoms. The van der Waals surface area contributed by atoms with Crippen molar-refractivity contribution in [3.05, 3.63) is 63.5 Å². The van der Waals surface area contributed by atoms with E-state index in [4.69, 9.17) is 4.74 Å². The van der Waals surface area contributed by atoms with Crippen molar-refractivity contribution in [3.63, 3.8) is 0 Å². The Morgan fingerprint density at radius 2 is 1.80 bits per heavy atom. The Hall–Kier alpha value is -2.43. The van der Waals surface area contributed by atoms with Crippen molar-refractivity contribution in [2.75, 3.05) is 0 Å². The van der Waals surface area contributed by atoms with Crippen LogP contribution in [0.3, 0.4) is 0 Å². The van der Waals surface area contributed by atoms with Gasteiger partial charge in [-0.1, -0.05) is 12.1 Å². The quantitative estimate of drug-likeness (QED) is 0.627. The number of nitrogens with zero attached hydrogens (tertiary/aromatic N) is 1. The Balaban J connectivity index is 2.04. The second-order valence-corrected chi connectivity index (χ2v) is 4.73. The summed E-state index contributed by atoms with van der Waals surface area (Å²) in [6.07, 6.45) is 2.70. The van der Waals surface area contributed by atoms with Gasteiger partial charge in [0.2, 0.25) is 5.75 Å². The van der Waals surface area contributed by atoms with E-state index < -0.39 is 10.7 Å². The maximum absolute atomic E-state index is 13.6. The number of aryl methyl sites for hydroxylation is 2. The Kier molecular flexibility index (Phi) is 3.10. The minimum atomic E-state index is -0.540. The first-order valence-electron chi connectivity index (χ1n) is 6.38. The van der Waals surface area contributed by atoms with Crippen molar-refractivity contribution in [1.29, 1.82) is 0 Å². The van der Waals surface area contributed by atoms with E-state index in [9.17, 15) is 14.5 Å². The Morgan fingerprint density at radius 3 is 2.50 bits per heavy atom. The van der Waals surface area contributed by atoms with Gasteiger partial charge in [-0.05, 0) is 48.6 Å². The number of hydrogen-bond acceptors (Lipinski definition) is 3. The molecular formula is C15H12FNO3. The van der Waals surface area contributed by atoms with E-state index in [-0.39, 0.29) is 17.2 Å². The molecule has 0 fully saturated rings. The van der Waals surface area contributed by atoms with Crippen LogP contribution in [0.1, 0.15) is 17.5 Å². The molecule has 1 aliphatic carbocycles. The zero-order valence-corrected chi connectivity index (χ0v) is 10.6. The largest absolute Gasteiger partial charge is 0.447 e. The van der Waals surface area contributed by atoms with E-state index >= 15 is 0 Å². The van der Waals surface area contributed by atoms with Gasteiger partial charge in [-0.15, -0.1) is 0 Å². The molecule has 2 aromatic rings. The van der Waals surface area contributed by atoms with Crippen molar-refractivity contribution >= 4 is 5.69 Å². The molecule has 0 amide bonds. The first kappa shape index (κ1) is 12.6. The van der Waals surface area contributed by atoms with E-state index in [1.54, 1.807) is 24.3 Å². The van der Waals surface area contributed by atoms with E-state index in [2.05, 4.69) is 0 Å². The van der Waals surface area contributed by atoms with Gasteiger partial charge in [0, 0.05) is 6.07 Å². The third-order valence-corrected chi connectivity index (χ3v) is 3.43. The summed E-state index contributed by atoms with van der Waals surface area (Å²) in [6.45, 7) is 0. The number of para-hydroxylation sites is 1. The molecule has 3 rings (SSSR count). The summed E-state index contributed by atoms with van der Waals surface area (Å²) in [6, 6.07) is 9.07. The van der Waals surface area contributed by atoms with Crippen molar-refractivity contribution in [3.8, 4) is 11.5 Å². The lowest BCUT2D eigenvalue weighted by Gasteiger charge is -2.09. The zero-order valence-electron chi connectivity index (χ0n) is 10.6. The summed E-state index contributed by atoms with van der Waals surface area (Å²) in [5.74, 6) is -0.448. The van der Waals surface area contributed by atoms with Crippen LogP contribution in [-0.4, -0.2) is 4.92 Å². The summed E-state index contributed by atoms with van der Waals surface area (Å²) in [4.78, 5) is 10.6. The topological polar surface area (TPSA) is 52.4 Å². The summed E-state index contributed by atoms with van der Waals surface area (Å²) >= 11 is 0. The smallest absolute Gasteiger partial charge is 0.311 e. The summed E-state index contributed by atoms with van der Waals surface area (Å²) < 4.78 is 19.0. The molecule has 0 unspecified atom stereocenters. The number of halogens is 1. The number of fused-ring (bicyclic) bond motifs is 1. The second-order valence-electron chi connectivity index (χ2n) is 4.73. The normalized spacial score (nSPS) is 13.1. The van der Waals surface area contributed by atoms with E-state index in [1.165, 1.54) is 12.1 Å². The zero-order chi connectivity index (χ0) is 14.1. The minimum absolute atomic E-state index is 0.00598. The van der Waals surface area contributed by atoms with Crippen molar-refractivity contribution in [2.24, 2.45) is 0 Å². The van der Waals surface area contributed by atoms with E-state index in [1.807, 2.05) is 0 Å². The van der Waals surface area contributed by atoms with E-state index in [0.717, 1.165) is 30.4 Å². The first-order valence-corrected chi connectivity index (χ1v) is 6.38. The monoisotopic (exact) mass is 273 g/mol. The molecule has 0 saturated heterocycles. The van der Waals surface area contributed by atoms with Gasteiger partial charge < -0.3 is 4.74 Å². The molecule has 0 aromatic heterocycles. The first-order chi connectivity index (χ1) is 9.65. The molecule has 0 radical (unpaired) electrons. The lowest BCUT2D eigenvalue weighted by Crippen LogP contribution is -1.97. The van der Waals surface area contributed by atoms with Crippen LogP contribution < -0.4 is 4.74 Å². The highest BCUT2D eigenvalue weighted by Gasteiger charge is 2.23. The number of hydrogen-bond donors (Lipinski definition) is 0. The average molecular weight is 273 g/mol. The van der Waals surface area contributed by atoms with Gasteiger partial charge in [-0.2, -0.15) is 0 Å². The standard InChI is InChI=1S/C15H12FNO3/c16-12-6-1-2-7-14(12)20-15-9-11-5-3-4-10(11)8-13(15)17(18)19/h1-2,6-9H,3-5H2. The lowest BCUT2D eigenvalue weighted by molar-refractivity contribution is -0.385. The summed E-state index contributed by atoms with van der Waals surface area (Å²) in [7, 11) is 0. The van der Waals surface area contributed by atoms with Gasteiger partial charge in [0.15, 0.2) is 11.6 Å². The Morgan fingerprint density at radius 1 is 1.10 bits per heavy atom. The average Bonchev–Trinajstić information content (AvgIpc) is 2.87. The molecule has 0 aliphatic heterocycles.